The van der Waals surface area contributed by atoms with Gasteiger partial charge in [0.1, 0.15) is 0 Å². The minimum absolute atomic E-state index is 0. The number of aromatic nitrogens is 1. The van der Waals surface area contributed by atoms with E-state index in [1.54, 1.807) is 11.3 Å². The van der Waals surface area contributed by atoms with Crippen LogP contribution in [0.15, 0.2) is 40.8 Å². The molecular weight excluding hydrogens is 419 g/mol. The first-order valence-corrected chi connectivity index (χ1v) is 8.55. The molecule has 0 aliphatic carbocycles. The number of hydrogen-bond donors (Lipinski definition) is 1. The molecule has 1 aliphatic heterocycles. The number of nitrogens with zero attached hydrogens (tertiary/aromatic N) is 3. The van der Waals surface area contributed by atoms with E-state index in [-0.39, 0.29) is 24.0 Å². The lowest BCUT2D eigenvalue weighted by Crippen LogP contribution is -2.39. The maximum atomic E-state index is 4.44. The number of rotatable bonds is 3. The van der Waals surface area contributed by atoms with E-state index < -0.39 is 0 Å². The first-order valence-electron chi connectivity index (χ1n) is 7.67. The van der Waals surface area contributed by atoms with E-state index in [4.69, 9.17) is 0 Å². The molecule has 2 aromatic rings. The molecule has 1 aromatic heterocycles. The van der Waals surface area contributed by atoms with Crippen LogP contribution in [-0.4, -0.2) is 36.0 Å². The van der Waals surface area contributed by atoms with Crippen LogP contribution in [0.1, 0.15) is 28.5 Å². The number of benzene rings is 1. The number of likely N-dealkylation sites (tertiary alicyclic amines) is 1. The van der Waals surface area contributed by atoms with Gasteiger partial charge in [-0.2, -0.15) is 0 Å². The summed E-state index contributed by atoms with van der Waals surface area (Å²) in [4.78, 5) is 12.4. The summed E-state index contributed by atoms with van der Waals surface area (Å²) >= 11 is 1.69. The van der Waals surface area contributed by atoms with Gasteiger partial charge in [0.2, 0.25) is 0 Å². The topological polar surface area (TPSA) is 40.5 Å². The molecule has 1 fully saturated rings. The van der Waals surface area contributed by atoms with Gasteiger partial charge in [0.05, 0.1) is 17.7 Å². The van der Waals surface area contributed by atoms with Gasteiger partial charge in [0.15, 0.2) is 5.96 Å². The molecule has 0 radical (unpaired) electrons. The third kappa shape index (κ3) is 4.44. The van der Waals surface area contributed by atoms with Gasteiger partial charge in [-0.1, -0.05) is 30.3 Å². The van der Waals surface area contributed by atoms with Crippen LogP contribution >= 0.6 is 35.3 Å². The van der Waals surface area contributed by atoms with Gasteiger partial charge >= 0.3 is 0 Å². The Morgan fingerprint density at radius 1 is 1.39 bits per heavy atom. The minimum Gasteiger partial charge on any atom is -0.351 e. The lowest BCUT2D eigenvalue weighted by molar-refractivity contribution is 0.486. The van der Waals surface area contributed by atoms with Crippen LogP contribution in [0.5, 0.6) is 0 Å². The normalized spacial score (nSPS) is 17.9. The van der Waals surface area contributed by atoms with E-state index in [2.05, 4.69) is 57.4 Å². The van der Waals surface area contributed by atoms with Crippen LogP contribution in [0.3, 0.4) is 0 Å². The lowest BCUT2D eigenvalue weighted by Gasteiger charge is -2.21. The highest BCUT2D eigenvalue weighted by atomic mass is 127. The number of hydrogen-bond acceptors (Lipinski definition) is 3. The van der Waals surface area contributed by atoms with Crippen molar-refractivity contribution in [3.05, 3.63) is 52.0 Å². The van der Waals surface area contributed by atoms with Crippen molar-refractivity contribution >= 4 is 41.3 Å². The van der Waals surface area contributed by atoms with E-state index in [9.17, 15) is 0 Å². The third-order valence-corrected chi connectivity index (χ3v) is 5.16. The molecule has 1 saturated heterocycles. The van der Waals surface area contributed by atoms with E-state index in [0.717, 1.165) is 31.3 Å². The summed E-state index contributed by atoms with van der Waals surface area (Å²) in [6.45, 7) is 4.94. The van der Waals surface area contributed by atoms with Gasteiger partial charge in [-0.25, -0.2) is 4.98 Å². The first kappa shape index (κ1) is 18.2. The second-order valence-corrected chi connectivity index (χ2v) is 6.54. The van der Waals surface area contributed by atoms with Crippen molar-refractivity contribution in [1.82, 2.24) is 15.2 Å². The summed E-state index contributed by atoms with van der Waals surface area (Å²) < 4.78 is 0. The SMILES string of the molecule is CN=C(NCc1scnc1C)N1CCC(c2ccccc2)C1.I. The van der Waals surface area contributed by atoms with Crippen molar-refractivity contribution in [2.75, 3.05) is 20.1 Å². The van der Waals surface area contributed by atoms with Crippen LogP contribution in [0.4, 0.5) is 0 Å². The maximum absolute atomic E-state index is 4.44. The molecule has 23 heavy (non-hydrogen) atoms. The number of guanidine groups is 1. The summed E-state index contributed by atoms with van der Waals surface area (Å²) in [5.74, 6) is 1.59. The molecule has 1 unspecified atom stereocenters. The predicted octanol–water partition coefficient (Wildman–Crippen LogP) is 3.63. The van der Waals surface area contributed by atoms with Gasteiger partial charge in [-0.15, -0.1) is 35.3 Å². The maximum Gasteiger partial charge on any atom is 0.193 e. The molecule has 3 rings (SSSR count). The number of aryl methyl sites for hydroxylation is 1. The molecular formula is C17H23IN4S. The zero-order valence-electron chi connectivity index (χ0n) is 13.5. The number of nitrogens with one attached hydrogen (secondary N) is 1. The summed E-state index contributed by atoms with van der Waals surface area (Å²) in [5, 5.41) is 3.47. The van der Waals surface area contributed by atoms with Crippen LogP contribution in [0.25, 0.3) is 0 Å². The van der Waals surface area contributed by atoms with Crippen molar-refractivity contribution < 1.29 is 0 Å². The second kappa shape index (κ2) is 8.63. The van der Waals surface area contributed by atoms with Crippen molar-refractivity contribution in [3.63, 3.8) is 0 Å². The molecule has 0 saturated carbocycles. The second-order valence-electron chi connectivity index (χ2n) is 5.60. The van der Waals surface area contributed by atoms with Crippen molar-refractivity contribution in [2.45, 2.75) is 25.8 Å². The standard InChI is InChI=1S/C17H22N4S.HI/c1-13-16(22-12-20-13)10-19-17(18-2)21-9-8-15(11-21)14-6-4-3-5-7-14;/h3-7,12,15H,8-11H2,1-2H3,(H,18,19);1H. The van der Waals surface area contributed by atoms with Gasteiger partial charge < -0.3 is 10.2 Å². The Bertz CT molecular complexity index is 641. The zero-order valence-corrected chi connectivity index (χ0v) is 16.7. The van der Waals surface area contributed by atoms with E-state index in [1.807, 2.05) is 12.6 Å². The molecule has 1 aliphatic rings. The summed E-state index contributed by atoms with van der Waals surface area (Å²) in [6.07, 6.45) is 1.18. The monoisotopic (exact) mass is 442 g/mol. The van der Waals surface area contributed by atoms with Gasteiger partial charge in [-0.05, 0) is 18.9 Å². The number of thiazole rings is 1. The molecule has 2 heterocycles. The first-order chi connectivity index (χ1) is 10.8. The predicted molar refractivity (Wildman–Crippen MR) is 108 cm³/mol. The molecule has 1 aromatic carbocycles. The Kier molecular flexibility index (Phi) is 6.83. The van der Waals surface area contributed by atoms with Crippen molar-refractivity contribution in [3.8, 4) is 0 Å². The highest BCUT2D eigenvalue weighted by Crippen LogP contribution is 2.26. The molecule has 0 spiro atoms. The van der Waals surface area contributed by atoms with Crippen LogP contribution < -0.4 is 5.32 Å². The fourth-order valence-electron chi connectivity index (χ4n) is 2.94. The van der Waals surface area contributed by atoms with Crippen LogP contribution in [0, 0.1) is 6.92 Å². The molecule has 0 amide bonds. The molecule has 6 heteroatoms. The average molecular weight is 442 g/mol. The largest absolute Gasteiger partial charge is 0.351 e. The van der Waals surface area contributed by atoms with E-state index in [0.29, 0.717) is 5.92 Å². The Hall–Kier alpha value is -1.15. The van der Waals surface area contributed by atoms with Gasteiger partial charge in [0.25, 0.3) is 0 Å². The minimum atomic E-state index is 0. The fourth-order valence-corrected chi connectivity index (χ4v) is 3.65. The number of aliphatic imine (C=N–C) groups is 1. The molecule has 124 valence electrons. The Labute approximate surface area is 159 Å². The molecule has 1 N–H and O–H groups in total. The van der Waals surface area contributed by atoms with Crippen molar-refractivity contribution in [2.24, 2.45) is 4.99 Å². The van der Waals surface area contributed by atoms with E-state index >= 15 is 0 Å². The average Bonchev–Trinajstić information content (AvgIpc) is 3.19. The summed E-state index contributed by atoms with van der Waals surface area (Å²) in [5.41, 5.74) is 4.44. The third-order valence-electron chi connectivity index (χ3n) is 4.22. The molecule has 4 nitrogen and oxygen atoms in total. The number of halogens is 1. The van der Waals surface area contributed by atoms with Gasteiger partial charge in [-0.3, -0.25) is 4.99 Å². The van der Waals surface area contributed by atoms with Crippen LogP contribution in [-0.2, 0) is 6.54 Å². The zero-order chi connectivity index (χ0) is 15.4. The van der Waals surface area contributed by atoms with Crippen molar-refractivity contribution in [1.29, 1.82) is 0 Å². The summed E-state index contributed by atoms with van der Waals surface area (Å²) in [6, 6.07) is 10.8. The van der Waals surface area contributed by atoms with Crippen LogP contribution in [0.2, 0.25) is 0 Å². The molecule has 0 bridgehead atoms. The molecule has 1 atom stereocenters. The quantitative estimate of drug-likeness (QED) is 0.449. The Morgan fingerprint density at radius 2 is 2.17 bits per heavy atom. The highest BCUT2D eigenvalue weighted by molar-refractivity contribution is 14.0. The van der Waals surface area contributed by atoms with Gasteiger partial charge in [0, 0.05) is 30.9 Å². The Balaban J connectivity index is 0.00000192. The van der Waals surface area contributed by atoms with E-state index in [1.165, 1.54) is 16.9 Å². The summed E-state index contributed by atoms with van der Waals surface area (Å²) in [7, 11) is 1.86. The highest BCUT2D eigenvalue weighted by Gasteiger charge is 2.25. The fraction of sp³-hybridized carbons (Fsp3) is 0.412. The smallest absolute Gasteiger partial charge is 0.193 e. The lowest BCUT2D eigenvalue weighted by atomic mass is 9.99. The Morgan fingerprint density at radius 3 is 2.83 bits per heavy atom.